The van der Waals surface area contributed by atoms with Crippen molar-refractivity contribution in [1.82, 2.24) is 0 Å². The summed E-state index contributed by atoms with van der Waals surface area (Å²) in [5, 5.41) is 0. The summed E-state index contributed by atoms with van der Waals surface area (Å²) in [7, 11) is -0.165. The number of ether oxygens (including phenoxy) is 1. The monoisotopic (exact) mass is 529 g/mol. The number of halogens is 1. The van der Waals surface area contributed by atoms with E-state index < -0.39 is 5.60 Å². The van der Waals surface area contributed by atoms with Gasteiger partial charge >= 0.3 is 5.97 Å². The minimum absolute atomic E-state index is 0.116. The highest BCUT2D eigenvalue weighted by molar-refractivity contribution is 14.1. The van der Waals surface area contributed by atoms with Gasteiger partial charge in [0.25, 0.3) is 0 Å². The fraction of sp³-hybridized carbons (Fsp3) is 0.269. The van der Waals surface area contributed by atoms with E-state index in [-0.39, 0.29) is 20.8 Å². The SMILES string of the molecule is CC(I)C(=O)OC1(c2ccc([S+](c3ccccc3)c3ccccc3)cc2)CCCC1. The van der Waals surface area contributed by atoms with Gasteiger partial charge in [-0.3, -0.25) is 4.79 Å². The van der Waals surface area contributed by atoms with Gasteiger partial charge < -0.3 is 4.74 Å². The highest BCUT2D eigenvalue weighted by Crippen LogP contribution is 2.43. The third-order valence-electron chi connectivity index (χ3n) is 5.61. The van der Waals surface area contributed by atoms with Gasteiger partial charge in [-0.05, 0) is 74.6 Å². The summed E-state index contributed by atoms with van der Waals surface area (Å²) >= 11 is 2.13. The summed E-state index contributed by atoms with van der Waals surface area (Å²) in [6, 6.07) is 30.1. The predicted octanol–water partition coefficient (Wildman–Crippen LogP) is 6.92. The van der Waals surface area contributed by atoms with E-state index in [1.807, 2.05) is 6.92 Å². The molecule has 1 aliphatic carbocycles. The Labute approximate surface area is 195 Å². The number of carbonyl (C=O) groups excluding carboxylic acids is 1. The molecule has 0 bridgehead atoms. The maximum atomic E-state index is 12.4. The van der Waals surface area contributed by atoms with Gasteiger partial charge in [-0.1, -0.05) is 71.1 Å². The lowest BCUT2D eigenvalue weighted by Crippen LogP contribution is -2.32. The third-order valence-corrected chi connectivity index (χ3v) is 8.35. The Morgan fingerprint density at radius 1 is 0.833 bits per heavy atom. The van der Waals surface area contributed by atoms with Crippen LogP contribution in [0.3, 0.4) is 0 Å². The van der Waals surface area contributed by atoms with E-state index in [2.05, 4.69) is 108 Å². The van der Waals surface area contributed by atoms with Crippen molar-refractivity contribution in [3.63, 3.8) is 0 Å². The first kappa shape index (κ1) is 21.4. The number of esters is 1. The summed E-state index contributed by atoms with van der Waals surface area (Å²) in [6.07, 6.45) is 4.02. The number of benzene rings is 3. The van der Waals surface area contributed by atoms with Crippen LogP contribution in [0.15, 0.2) is 99.6 Å². The molecule has 2 nitrogen and oxygen atoms in total. The minimum atomic E-state index is -0.465. The molecular formula is C26H26IO2S+. The van der Waals surface area contributed by atoms with Crippen LogP contribution in [-0.2, 0) is 26.0 Å². The van der Waals surface area contributed by atoms with Crippen LogP contribution in [0.1, 0.15) is 38.2 Å². The largest absolute Gasteiger partial charge is 0.453 e. The normalized spacial score (nSPS) is 16.4. The number of hydrogen-bond donors (Lipinski definition) is 0. The van der Waals surface area contributed by atoms with E-state index in [1.165, 1.54) is 14.7 Å². The second-order valence-corrected chi connectivity index (χ2v) is 11.6. The van der Waals surface area contributed by atoms with E-state index >= 15 is 0 Å². The average Bonchev–Trinajstić information content (AvgIpc) is 3.25. The summed E-state index contributed by atoms with van der Waals surface area (Å²) in [4.78, 5) is 16.3. The van der Waals surface area contributed by atoms with Crippen molar-refractivity contribution in [2.24, 2.45) is 0 Å². The van der Waals surface area contributed by atoms with Gasteiger partial charge in [0.05, 0.1) is 10.9 Å². The van der Waals surface area contributed by atoms with E-state index in [0.29, 0.717) is 0 Å². The molecule has 0 aliphatic heterocycles. The lowest BCUT2D eigenvalue weighted by atomic mass is 9.92. The van der Waals surface area contributed by atoms with E-state index in [9.17, 15) is 4.79 Å². The standard InChI is InChI=1S/C26H26IO2S/c1-20(27)25(28)29-26(18-8-9-19-26)21-14-16-24(17-15-21)30(22-10-4-2-5-11-22)23-12-6-3-7-13-23/h2-7,10-17,20H,8-9,18-19H2,1H3/q+1. The lowest BCUT2D eigenvalue weighted by Gasteiger charge is -2.30. The maximum absolute atomic E-state index is 12.4. The Morgan fingerprint density at radius 2 is 1.30 bits per heavy atom. The number of alkyl halides is 1. The van der Waals surface area contributed by atoms with E-state index in [4.69, 9.17) is 4.74 Å². The molecule has 1 unspecified atom stereocenters. The minimum Gasteiger partial charge on any atom is -0.453 e. The van der Waals surface area contributed by atoms with Crippen LogP contribution < -0.4 is 0 Å². The van der Waals surface area contributed by atoms with Crippen LogP contribution in [0.5, 0.6) is 0 Å². The van der Waals surface area contributed by atoms with Gasteiger partial charge in [-0.25, -0.2) is 0 Å². The Bertz CT molecular complexity index is 925. The van der Waals surface area contributed by atoms with Crippen LogP contribution >= 0.6 is 22.6 Å². The smallest absolute Gasteiger partial charge is 0.319 e. The van der Waals surface area contributed by atoms with Gasteiger partial charge in [0.2, 0.25) is 0 Å². The fourth-order valence-electron chi connectivity index (χ4n) is 4.09. The lowest BCUT2D eigenvalue weighted by molar-refractivity contribution is -0.159. The second-order valence-electron chi connectivity index (χ2n) is 7.70. The van der Waals surface area contributed by atoms with Crippen molar-refractivity contribution >= 4 is 39.5 Å². The van der Waals surface area contributed by atoms with E-state index in [0.717, 1.165) is 31.2 Å². The number of hydrogen-bond acceptors (Lipinski definition) is 2. The first-order valence-electron chi connectivity index (χ1n) is 10.4. The Kier molecular flexibility index (Phi) is 6.84. The molecule has 0 spiro atoms. The summed E-state index contributed by atoms with van der Waals surface area (Å²) < 4.78 is 5.93. The quantitative estimate of drug-likeness (QED) is 0.150. The van der Waals surface area contributed by atoms with Gasteiger partial charge in [-0.15, -0.1) is 0 Å². The first-order chi connectivity index (χ1) is 14.6. The molecule has 1 saturated carbocycles. The molecule has 0 aromatic heterocycles. The summed E-state index contributed by atoms with van der Waals surface area (Å²) in [5.74, 6) is -0.116. The van der Waals surface area contributed by atoms with Crippen LogP contribution in [0.4, 0.5) is 0 Å². The van der Waals surface area contributed by atoms with E-state index in [1.54, 1.807) is 0 Å². The van der Waals surface area contributed by atoms with Crippen molar-refractivity contribution < 1.29 is 9.53 Å². The molecule has 0 heterocycles. The molecular weight excluding hydrogens is 503 g/mol. The zero-order valence-corrected chi connectivity index (χ0v) is 20.1. The van der Waals surface area contributed by atoms with Gasteiger partial charge in [0.15, 0.2) is 14.7 Å². The summed E-state index contributed by atoms with van der Waals surface area (Å²) in [5.41, 5.74) is 0.659. The van der Waals surface area contributed by atoms with Gasteiger partial charge in [0, 0.05) is 0 Å². The van der Waals surface area contributed by atoms with Crippen molar-refractivity contribution in [2.45, 2.75) is 56.8 Å². The molecule has 0 radical (unpaired) electrons. The maximum Gasteiger partial charge on any atom is 0.319 e. The second kappa shape index (κ2) is 9.56. The highest BCUT2D eigenvalue weighted by atomic mass is 127. The Balaban J connectivity index is 1.69. The molecule has 4 heteroatoms. The molecule has 3 aromatic rings. The molecule has 1 aliphatic rings. The molecule has 30 heavy (non-hydrogen) atoms. The van der Waals surface area contributed by atoms with Crippen LogP contribution in [0.25, 0.3) is 0 Å². The molecule has 1 atom stereocenters. The van der Waals surface area contributed by atoms with Gasteiger partial charge in [0.1, 0.15) is 9.53 Å². The number of rotatable bonds is 6. The average molecular weight is 529 g/mol. The van der Waals surface area contributed by atoms with Crippen molar-refractivity contribution in [3.05, 3.63) is 90.5 Å². The van der Waals surface area contributed by atoms with Crippen LogP contribution in [0, 0.1) is 0 Å². The number of carbonyl (C=O) groups is 1. The zero-order valence-electron chi connectivity index (χ0n) is 17.1. The molecule has 154 valence electrons. The molecule has 4 rings (SSSR count). The first-order valence-corrected chi connectivity index (χ1v) is 12.9. The molecule has 0 saturated heterocycles. The molecule has 3 aromatic carbocycles. The Hall–Kier alpha value is -1.79. The molecule has 0 N–H and O–H groups in total. The molecule has 1 fully saturated rings. The Morgan fingerprint density at radius 3 is 1.77 bits per heavy atom. The van der Waals surface area contributed by atoms with Crippen molar-refractivity contribution in [1.29, 1.82) is 0 Å². The third kappa shape index (κ3) is 4.59. The zero-order chi connectivity index (χ0) is 21.0. The van der Waals surface area contributed by atoms with Crippen LogP contribution in [-0.4, -0.2) is 9.89 Å². The van der Waals surface area contributed by atoms with Gasteiger partial charge in [-0.2, -0.15) is 0 Å². The van der Waals surface area contributed by atoms with Crippen molar-refractivity contribution in [3.8, 4) is 0 Å². The predicted molar refractivity (Wildman–Crippen MR) is 131 cm³/mol. The molecule has 0 amide bonds. The highest BCUT2D eigenvalue weighted by Gasteiger charge is 2.40. The topological polar surface area (TPSA) is 26.3 Å². The fourth-order valence-corrected chi connectivity index (χ4v) is 6.30. The summed E-state index contributed by atoms with van der Waals surface area (Å²) in [6.45, 7) is 1.89. The van der Waals surface area contributed by atoms with Crippen molar-refractivity contribution in [2.75, 3.05) is 0 Å². The van der Waals surface area contributed by atoms with Crippen LogP contribution in [0.2, 0.25) is 0 Å².